The molecule has 0 radical (unpaired) electrons. The van der Waals surface area contributed by atoms with E-state index in [4.69, 9.17) is 9.84 Å². The van der Waals surface area contributed by atoms with Gasteiger partial charge in [0.25, 0.3) is 5.91 Å². The highest BCUT2D eigenvalue weighted by atomic mass is 16.5. The smallest absolute Gasteiger partial charge is 0.337 e. The largest absolute Gasteiger partial charge is 0.466 e. The lowest BCUT2D eigenvalue weighted by Gasteiger charge is -2.14. The van der Waals surface area contributed by atoms with E-state index in [2.05, 4.69) is 20.7 Å². The summed E-state index contributed by atoms with van der Waals surface area (Å²) in [5.74, 6) is -0.941. The van der Waals surface area contributed by atoms with Crippen LogP contribution >= 0.6 is 0 Å². The zero-order chi connectivity index (χ0) is 16.4. The fourth-order valence-electron chi connectivity index (χ4n) is 2.41. The number of rotatable bonds is 5. The molecule has 0 bridgehead atoms. The number of hydrogen-bond acceptors (Lipinski definition) is 7. The van der Waals surface area contributed by atoms with Crippen LogP contribution in [0.25, 0.3) is 11.0 Å². The van der Waals surface area contributed by atoms with E-state index < -0.39 is 5.97 Å². The molecule has 0 aliphatic carbocycles. The Morgan fingerprint density at radius 2 is 2.22 bits per heavy atom. The Morgan fingerprint density at radius 3 is 2.96 bits per heavy atom. The van der Waals surface area contributed by atoms with Crippen LogP contribution in [0.2, 0.25) is 0 Å². The number of esters is 1. The van der Waals surface area contributed by atoms with Crippen LogP contribution in [0.5, 0.6) is 0 Å². The van der Waals surface area contributed by atoms with Gasteiger partial charge < -0.3 is 20.1 Å². The lowest BCUT2D eigenvalue weighted by molar-refractivity contribution is -0.136. The SMILES string of the molecule is COC(=O)C1=C(Nc2ccc3n[nH]nc3c2)C(=O)N(CCO)C1. The number of nitrogens with one attached hydrogen (secondary N) is 2. The second-order valence-electron chi connectivity index (χ2n) is 4.95. The van der Waals surface area contributed by atoms with Crippen LogP contribution in [0.3, 0.4) is 0 Å². The van der Waals surface area contributed by atoms with Gasteiger partial charge in [-0.1, -0.05) is 0 Å². The van der Waals surface area contributed by atoms with E-state index in [1.165, 1.54) is 12.0 Å². The summed E-state index contributed by atoms with van der Waals surface area (Å²) in [6, 6.07) is 5.18. The van der Waals surface area contributed by atoms with Crippen LogP contribution in [0.1, 0.15) is 0 Å². The summed E-state index contributed by atoms with van der Waals surface area (Å²) in [7, 11) is 1.26. The molecule has 0 fully saturated rings. The number of anilines is 1. The Kier molecular flexibility index (Phi) is 3.94. The molecule has 0 saturated carbocycles. The summed E-state index contributed by atoms with van der Waals surface area (Å²) < 4.78 is 4.73. The maximum atomic E-state index is 12.4. The van der Waals surface area contributed by atoms with Gasteiger partial charge in [0.15, 0.2) is 0 Å². The number of benzene rings is 1. The third-order valence-electron chi connectivity index (χ3n) is 3.54. The van der Waals surface area contributed by atoms with Gasteiger partial charge in [-0.15, -0.1) is 0 Å². The first-order valence-electron chi connectivity index (χ1n) is 6.93. The first-order valence-corrected chi connectivity index (χ1v) is 6.93. The quantitative estimate of drug-likeness (QED) is 0.643. The fourth-order valence-corrected chi connectivity index (χ4v) is 2.41. The van der Waals surface area contributed by atoms with Crippen molar-refractivity contribution in [3.63, 3.8) is 0 Å². The molecule has 2 aromatic rings. The number of carbonyl (C=O) groups is 2. The third-order valence-corrected chi connectivity index (χ3v) is 3.54. The minimum atomic E-state index is -0.580. The number of methoxy groups -OCH3 is 1. The molecule has 0 unspecified atom stereocenters. The van der Waals surface area contributed by atoms with Crippen molar-refractivity contribution in [2.75, 3.05) is 32.1 Å². The number of aromatic nitrogens is 3. The lowest BCUT2D eigenvalue weighted by atomic mass is 10.2. The fraction of sp³-hybridized carbons (Fsp3) is 0.286. The molecule has 3 rings (SSSR count). The molecular formula is C14H15N5O4. The standard InChI is InChI=1S/C14H15N5O4/c1-23-14(22)9-7-19(4-5-20)13(21)12(9)15-8-2-3-10-11(6-8)17-18-16-10/h2-3,6,15,20H,4-5,7H2,1H3,(H,16,17,18). The summed E-state index contributed by atoms with van der Waals surface area (Å²) >= 11 is 0. The summed E-state index contributed by atoms with van der Waals surface area (Å²) in [6.45, 7) is 0.0613. The van der Waals surface area contributed by atoms with Crippen molar-refractivity contribution in [2.45, 2.75) is 0 Å². The number of aliphatic hydroxyl groups is 1. The van der Waals surface area contributed by atoms with E-state index in [-0.39, 0.29) is 36.9 Å². The maximum Gasteiger partial charge on any atom is 0.337 e. The number of aromatic amines is 1. The highest BCUT2D eigenvalue weighted by Crippen LogP contribution is 2.24. The molecule has 1 aromatic heterocycles. The van der Waals surface area contributed by atoms with E-state index in [9.17, 15) is 9.59 Å². The molecule has 9 nitrogen and oxygen atoms in total. The van der Waals surface area contributed by atoms with Crippen LogP contribution < -0.4 is 5.32 Å². The predicted octanol–water partition coefficient (Wildman–Crippen LogP) is -0.369. The number of β-amino-alcohol motifs (C(OH)–C–C–N with tert-alkyl or cyclic N) is 1. The Labute approximate surface area is 130 Å². The van der Waals surface area contributed by atoms with Gasteiger partial charge >= 0.3 is 5.97 Å². The summed E-state index contributed by atoms with van der Waals surface area (Å²) in [5, 5.41) is 22.4. The molecule has 1 amide bonds. The number of ether oxygens (including phenoxy) is 1. The van der Waals surface area contributed by atoms with Crippen molar-refractivity contribution in [3.8, 4) is 0 Å². The number of amides is 1. The minimum Gasteiger partial charge on any atom is -0.466 e. The molecule has 3 N–H and O–H groups in total. The molecule has 0 atom stereocenters. The Balaban J connectivity index is 1.92. The Bertz CT molecular complexity index is 797. The highest BCUT2D eigenvalue weighted by Gasteiger charge is 2.34. The molecule has 0 spiro atoms. The molecule has 1 aliphatic heterocycles. The van der Waals surface area contributed by atoms with Crippen LogP contribution in [-0.2, 0) is 14.3 Å². The van der Waals surface area contributed by atoms with Crippen molar-refractivity contribution < 1.29 is 19.4 Å². The van der Waals surface area contributed by atoms with Gasteiger partial charge in [0.1, 0.15) is 16.7 Å². The van der Waals surface area contributed by atoms with Crippen LogP contribution in [-0.4, -0.2) is 64.1 Å². The molecule has 1 aliphatic rings. The number of carbonyl (C=O) groups excluding carboxylic acids is 2. The topological polar surface area (TPSA) is 120 Å². The second kappa shape index (κ2) is 6.05. The first kappa shape index (κ1) is 15.0. The van der Waals surface area contributed by atoms with Gasteiger partial charge in [-0.2, -0.15) is 15.4 Å². The van der Waals surface area contributed by atoms with Gasteiger partial charge in [0.05, 0.1) is 25.8 Å². The van der Waals surface area contributed by atoms with Gasteiger partial charge in [-0.05, 0) is 18.2 Å². The number of hydrogen-bond donors (Lipinski definition) is 3. The first-order chi connectivity index (χ1) is 11.1. The zero-order valence-corrected chi connectivity index (χ0v) is 12.4. The highest BCUT2D eigenvalue weighted by molar-refractivity contribution is 6.08. The van der Waals surface area contributed by atoms with E-state index in [1.54, 1.807) is 18.2 Å². The molecule has 1 aromatic carbocycles. The van der Waals surface area contributed by atoms with Crippen molar-refractivity contribution in [1.82, 2.24) is 20.3 Å². The van der Waals surface area contributed by atoms with Crippen molar-refractivity contribution in [2.24, 2.45) is 0 Å². The average Bonchev–Trinajstić information content (AvgIpc) is 3.13. The second-order valence-corrected chi connectivity index (χ2v) is 4.95. The van der Waals surface area contributed by atoms with Gasteiger partial charge in [-0.25, -0.2) is 4.79 Å². The Hall–Kier alpha value is -2.94. The maximum absolute atomic E-state index is 12.4. The molecule has 2 heterocycles. The normalized spacial score (nSPS) is 14.7. The number of nitrogens with zero attached hydrogens (tertiary/aromatic N) is 3. The van der Waals surface area contributed by atoms with Crippen LogP contribution in [0.4, 0.5) is 5.69 Å². The van der Waals surface area contributed by atoms with E-state index >= 15 is 0 Å². The molecule has 120 valence electrons. The predicted molar refractivity (Wildman–Crippen MR) is 80.2 cm³/mol. The zero-order valence-electron chi connectivity index (χ0n) is 12.4. The Morgan fingerprint density at radius 1 is 1.43 bits per heavy atom. The summed E-state index contributed by atoms with van der Waals surface area (Å²) in [4.78, 5) is 25.7. The number of H-pyrrole nitrogens is 1. The summed E-state index contributed by atoms with van der Waals surface area (Å²) in [5.41, 5.74) is 2.30. The monoisotopic (exact) mass is 317 g/mol. The van der Waals surface area contributed by atoms with Gasteiger partial charge in [0.2, 0.25) is 0 Å². The van der Waals surface area contributed by atoms with Crippen molar-refractivity contribution in [3.05, 3.63) is 29.5 Å². The lowest BCUT2D eigenvalue weighted by Crippen LogP contribution is -2.31. The van der Waals surface area contributed by atoms with E-state index in [0.29, 0.717) is 16.7 Å². The number of aliphatic hydroxyl groups excluding tert-OH is 1. The number of fused-ring (bicyclic) bond motifs is 1. The average molecular weight is 317 g/mol. The molecule has 9 heteroatoms. The van der Waals surface area contributed by atoms with Gasteiger partial charge in [0, 0.05) is 12.2 Å². The molecular weight excluding hydrogens is 302 g/mol. The molecule has 0 saturated heterocycles. The van der Waals surface area contributed by atoms with Crippen LogP contribution in [0, 0.1) is 0 Å². The van der Waals surface area contributed by atoms with Crippen molar-refractivity contribution >= 4 is 28.6 Å². The molecule has 23 heavy (non-hydrogen) atoms. The van der Waals surface area contributed by atoms with E-state index in [0.717, 1.165) is 0 Å². The third kappa shape index (κ3) is 2.73. The van der Waals surface area contributed by atoms with Gasteiger partial charge in [-0.3, -0.25) is 4.79 Å². The summed E-state index contributed by atoms with van der Waals surface area (Å²) in [6.07, 6.45) is 0. The van der Waals surface area contributed by atoms with Crippen molar-refractivity contribution in [1.29, 1.82) is 0 Å². The minimum absolute atomic E-state index is 0.0978. The van der Waals surface area contributed by atoms with Crippen LogP contribution in [0.15, 0.2) is 29.5 Å². The van der Waals surface area contributed by atoms with E-state index in [1.807, 2.05) is 0 Å².